The molecule has 1 fully saturated rings. The Balaban J connectivity index is 1.83. The highest BCUT2D eigenvalue weighted by Gasteiger charge is 2.35. The van der Waals surface area contributed by atoms with Crippen molar-refractivity contribution in [2.45, 2.75) is 38.9 Å². The molecule has 142 valence electrons. The number of rotatable bonds is 5. The first-order valence-corrected chi connectivity index (χ1v) is 8.47. The topological polar surface area (TPSA) is 76.9 Å². The van der Waals surface area contributed by atoms with Gasteiger partial charge in [0.1, 0.15) is 11.4 Å². The van der Waals surface area contributed by atoms with Gasteiger partial charge in [0.15, 0.2) is 0 Å². The molecular formula is C16H21F3N6O. The van der Waals surface area contributed by atoms with Crippen LogP contribution in [0, 0.1) is 6.92 Å². The Morgan fingerprint density at radius 1 is 1.27 bits per heavy atom. The van der Waals surface area contributed by atoms with Gasteiger partial charge in [-0.3, -0.25) is 4.68 Å². The van der Waals surface area contributed by atoms with Crippen LogP contribution in [-0.2, 0) is 10.9 Å². The largest absolute Gasteiger partial charge is 0.421 e. The lowest BCUT2D eigenvalue weighted by molar-refractivity contribution is -0.137. The summed E-state index contributed by atoms with van der Waals surface area (Å²) in [5.74, 6) is -0.157. The first-order chi connectivity index (χ1) is 12.4. The molecule has 0 bridgehead atoms. The summed E-state index contributed by atoms with van der Waals surface area (Å²) < 4.78 is 46.4. The first kappa shape index (κ1) is 18.4. The quantitative estimate of drug-likeness (QED) is 0.839. The molecule has 0 aromatic carbocycles. The van der Waals surface area contributed by atoms with Crippen LogP contribution in [0.3, 0.4) is 0 Å². The Morgan fingerprint density at radius 2 is 2.00 bits per heavy atom. The van der Waals surface area contributed by atoms with E-state index in [-0.39, 0.29) is 17.8 Å². The number of hydrogen-bond acceptors (Lipinski definition) is 6. The Labute approximate surface area is 149 Å². The van der Waals surface area contributed by atoms with Crippen molar-refractivity contribution in [3.05, 3.63) is 23.7 Å². The third-order valence-corrected chi connectivity index (χ3v) is 4.27. The minimum atomic E-state index is -4.51. The molecule has 2 N–H and O–H groups in total. The maximum atomic E-state index is 13.0. The second kappa shape index (κ2) is 7.48. The van der Waals surface area contributed by atoms with Crippen molar-refractivity contribution in [1.29, 1.82) is 0 Å². The Morgan fingerprint density at radius 3 is 2.65 bits per heavy atom. The number of ether oxygens (including phenoxy) is 1. The minimum Gasteiger partial charge on any atom is -0.381 e. The molecule has 7 nitrogen and oxygen atoms in total. The van der Waals surface area contributed by atoms with Crippen molar-refractivity contribution in [1.82, 2.24) is 19.7 Å². The van der Waals surface area contributed by atoms with Gasteiger partial charge < -0.3 is 15.4 Å². The summed E-state index contributed by atoms with van der Waals surface area (Å²) in [6, 6.07) is 0.255. The van der Waals surface area contributed by atoms with Crippen molar-refractivity contribution in [2.24, 2.45) is 0 Å². The van der Waals surface area contributed by atoms with Crippen LogP contribution in [0.5, 0.6) is 0 Å². The number of hydrogen-bond donors (Lipinski definition) is 2. The number of nitrogens with zero attached hydrogens (tertiary/aromatic N) is 4. The standard InChI is InChI=1S/C16H21F3N6O/c1-3-20-14-12(16(17,18)19)8-21-15(24-14)23-13-9-22-25(10(13)2)11-4-6-26-7-5-11/h8-9,11H,3-7H2,1-2H3,(H2,20,21,23,24). The third-order valence-electron chi connectivity index (χ3n) is 4.27. The van der Waals surface area contributed by atoms with Gasteiger partial charge in [0, 0.05) is 26.0 Å². The predicted octanol–water partition coefficient (Wildman–Crippen LogP) is 3.53. The first-order valence-electron chi connectivity index (χ1n) is 8.47. The molecule has 10 heteroatoms. The van der Waals surface area contributed by atoms with Crippen molar-refractivity contribution in [2.75, 3.05) is 30.4 Å². The van der Waals surface area contributed by atoms with Crippen molar-refractivity contribution < 1.29 is 17.9 Å². The van der Waals surface area contributed by atoms with Gasteiger partial charge >= 0.3 is 6.18 Å². The zero-order valence-electron chi connectivity index (χ0n) is 14.6. The summed E-state index contributed by atoms with van der Waals surface area (Å²) in [5.41, 5.74) is 0.656. The molecule has 0 radical (unpaired) electrons. The Hall–Kier alpha value is -2.36. The SMILES string of the molecule is CCNc1nc(Nc2cnn(C3CCOCC3)c2C)ncc1C(F)(F)F. The van der Waals surface area contributed by atoms with Gasteiger partial charge in [0.25, 0.3) is 0 Å². The van der Waals surface area contributed by atoms with E-state index in [4.69, 9.17) is 4.74 Å². The molecule has 0 unspecified atom stereocenters. The normalized spacial score (nSPS) is 15.9. The molecule has 2 aromatic rings. The summed E-state index contributed by atoms with van der Waals surface area (Å²) in [6.07, 6.45) is -0.336. The van der Waals surface area contributed by atoms with Crippen LogP contribution in [0.1, 0.15) is 37.1 Å². The van der Waals surface area contributed by atoms with Gasteiger partial charge in [0.2, 0.25) is 5.95 Å². The van der Waals surface area contributed by atoms with E-state index < -0.39 is 11.7 Å². The number of alkyl halides is 3. The van der Waals surface area contributed by atoms with Crippen LogP contribution in [0.4, 0.5) is 30.6 Å². The Kier molecular flexibility index (Phi) is 5.30. The molecule has 26 heavy (non-hydrogen) atoms. The number of aromatic nitrogens is 4. The van der Waals surface area contributed by atoms with Crippen LogP contribution in [-0.4, -0.2) is 39.5 Å². The molecule has 1 aliphatic rings. The second-order valence-electron chi connectivity index (χ2n) is 6.04. The molecule has 0 aliphatic carbocycles. The summed E-state index contributed by atoms with van der Waals surface area (Å²) in [7, 11) is 0. The van der Waals surface area contributed by atoms with E-state index in [2.05, 4.69) is 25.7 Å². The maximum Gasteiger partial charge on any atom is 0.421 e. The molecule has 3 heterocycles. The lowest BCUT2D eigenvalue weighted by atomic mass is 10.1. The lowest BCUT2D eigenvalue weighted by Crippen LogP contribution is -2.21. The molecule has 2 aromatic heterocycles. The second-order valence-corrected chi connectivity index (χ2v) is 6.04. The Bertz CT molecular complexity index is 755. The number of anilines is 3. The van der Waals surface area contributed by atoms with E-state index >= 15 is 0 Å². The van der Waals surface area contributed by atoms with Crippen molar-refractivity contribution >= 4 is 17.5 Å². The highest BCUT2D eigenvalue weighted by molar-refractivity contribution is 5.58. The zero-order chi connectivity index (χ0) is 18.7. The molecular weight excluding hydrogens is 349 g/mol. The van der Waals surface area contributed by atoms with E-state index in [9.17, 15) is 13.2 Å². The van der Waals surface area contributed by atoms with Crippen LogP contribution in [0.15, 0.2) is 12.4 Å². The van der Waals surface area contributed by atoms with Crippen molar-refractivity contribution in [3.8, 4) is 0 Å². The van der Waals surface area contributed by atoms with E-state index in [0.29, 0.717) is 25.4 Å². The molecule has 1 saturated heterocycles. The van der Waals surface area contributed by atoms with Gasteiger partial charge in [0.05, 0.1) is 23.6 Å². The van der Waals surface area contributed by atoms with Crippen LogP contribution in [0.2, 0.25) is 0 Å². The lowest BCUT2D eigenvalue weighted by Gasteiger charge is -2.23. The molecule has 0 spiro atoms. The smallest absolute Gasteiger partial charge is 0.381 e. The molecule has 0 saturated carbocycles. The fraction of sp³-hybridized carbons (Fsp3) is 0.562. The van der Waals surface area contributed by atoms with Gasteiger partial charge in [-0.05, 0) is 26.7 Å². The van der Waals surface area contributed by atoms with E-state index in [1.54, 1.807) is 13.1 Å². The van der Waals surface area contributed by atoms with E-state index in [1.807, 2.05) is 11.6 Å². The molecule has 1 aliphatic heterocycles. The fourth-order valence-corrected chi connectivity index (χ4v) is 2.92. The van der Waals surface area contributed by atoms with Crippen LogP contribution < -0.4 is 10.6 Å². The van der Waals surface area contributed by atoms with E-state index in [0.717, 1.165) is 24.7 Å². The van der Waals surface area contributed by atoms with Gasteiger partial charge in [-0.1, -0.05) is 0 Å². The summed E-state index contributed by atoms with van der Waals surface area (Å²) in [4.78, 5) is 7.78. The fourth-order valence-electron chi connectivity index (χ4n) is 2.92. The highest BCUT2D eigenvalue weighted by Crippen LogP contribution is 2.34. The molecule has 0 atom stereocenters. The van der Waals surface area contributed by atoms with Gasteiger partial charge in [-0.2, -0.15) is 23.3 Å². The van der Waals surface area contributed by atoms with Crippen molar-refractivity contribution in [3.63, 3.8) is 0 Å². The minimum absolute atomic E-state index is 0.0866. The van der Waals surface area contributed by atoms with Gasteiger partial charge in [-0.15, -0.1) is 0 Å². The maximum absolute atomic E-state index is 13.0. The summed E-state index contributed by atoms with van der Waals surface area (Å²) >= 11 is 0. The third kappa shape index (κ3) is 3.90. The van der Waals surface area contributed by atoms with Gasteiger partial charge in [-0.25, -0.2) is 4.98 Å². The zero-order valence-corrected chi connectivity index (χ0v) is 14.6. The highest BCUT2D eigenvalue weighted by atomic mass is 19.4. The van der Waals surface area contributed by atoms with Crippen LogP contribution >= 0.6 is 0 Å². The molecule has 3 rings (SSSR count). The average molecular weight is 370 g/mol. The monoisotopic (exact) mass is 370 g/mol. The summed E-state index contributed by atoms with van der Waals surface area (Å²) in [5, 5.41) is 10.00. The van der Waals surface area contributed by atoms with E-state index in [1.165, 1.54) is 0 Å². The number of halogens is 3. The summed E-state index contributed by atoms with van der Waals surface area (Å²) in [6.45, 7) is 5.32. The number of nitrogens with one attached hydrogen (secondary N) is 2. The predicted molar refractivity (Wildman–Crippen MR) is 90.5 cm³/mol. The van der Waals surface area contributed by atoms with Crippen LogP contribution in [0.25, 0.3) is 0 Å². The average Bonchev–Trinajstić information content (AvgIpc) is 2.96. The molecule has 0 amide bonds.